The van der Waals surface area contributed by atoms with Gasteiger partial charge in [-0.2, -0.15) is 0 Å². The minimum Gasteiger partial charge on any atom is -0.404 e. The van der Waals surface area contributed by atoms with Gasteiger partial charge in [0.25, 0.3) is 0 Å². The van der Waals surface area contributed by atoms with Gasteiger partial charge in [0, 0.05) is 32.2 Å². The minimum absolute atomic E-state index is 0.00509. The van der Waals surface area contributed by atoms with Crippen LogP contribution in [0.2, 0.25) is 5.02 Å². The number of halogens is 4. The number of piperazine rings is 1. The molecule has 1 aliphatic heterocycles. The molecular formula is C17H24ClF3N2O. The van der Waals surface area contributed by atoms with Gasteiger partial charge in [-0.1, -0.05) is 31.5 Å². The maximum absolute atomic E-state index is 12.4. The predicted molar refractivity (Wildman–Crippen MR) is 89.4 cm³/mol. The quantitative estimate of drug-likeness (QED) is 0.797. The fourth-order valence-corrected chi connectivity index (χ4v) is 3.20. The lowest BCUT2D eigenvalue weighted by Gasteiger charge is -2.36. The molecule has 24 heavy (non-hydrogen) atoms. The summed E-state index contributed by atoms with van der Waals surface area (Å²) in [6.07, 6.45) is -2.73. The normalized spacial score (nSPS) is 18.0. The Kier molecular flexibility index (Phi) is 6.78. The third kappa shape index (κ3) is 5.83. The summed E-state index contributed by atoms with van der Waals surface area (Å²) in [6, 6.07) is 4.78. The van der Waals surface area contributed by atoms with Crippen LogP contribution in [0.3, 0.4) is 0 Å². The molecule has 1 aromatic rings. The summed E-state index contributed by atoms with van der Waals surface area (Å²) in [5.74, 6) is 0.217. The average Bonchev–Trinajstić information content (AvgIpc) is 2.49. The molecule has 0 saturated carbocycles. The molecule has 1 aromatic carbocycles. The van der Waals surface area contributed by atoms with Crippen molar-refractivity contribution in [1.29, 1.82) is 0 Å². The molecule has 0 amide bonds. The fourth-order valence-electron chi connectivity index (χ4n) is 2.98. The van der Waals surface area contributed by atoms with E-state index in [1.54, 1.807) is 12.1 Å². The minimum atomic E-state index is -4.74. The Balaban J connectivity index is 2.19. The number of benzene rings is 1. The van der Waals surface area contributed by atoms with Crippen molar-refractivity contribution in [2.75, 3.05) is 26.2 Å². The van der Waals surface area contributed by atoms with E-state index in [0.29, 0.717) is 5.92 Å². The van der Waals surface area contributed by atoms with Crippen LogP contribution in [0.1, 0.15) is 38.3 Å². The van der Waals surface area contributed by atoms with Crippen molar-refractivity contribution in [2.45, 2.75) is 39.1 Å². The molecule has 0 spiro atoms. The van der Waals surface area contributed by atoms with Crippen molar-refractivity contribution >= 4 is 11.6 Å². The van der Waals surface area contributed by atoms with Crippen molar-refractivity contribution in [3.8, 4) is 5.75 Å². The van der Waals surface area contributed by atoms with Gasteiger partial charge in [-0.15, -0.1) is 13.2 Å². The summed E-state index contributed by atoms with van der Waals surface area (Å²) in [4.78, 5) is 2.37. The summed E-state index contributed by atoms with van der Waals surface area (Å²) >= 11 is 6.03. The summed E-state index contributed by atoms with van der Waals surface area (Å²) < 4.78 is 41.1. The van der Waals surface area contributed by atoms with E-state index >= 15 is 0 Å². The first-order valence-electron chi connectivity index (χ1n) is 8.26. The van der Waals surface area contributed by atoms with E-state index in [2.05, 4.69) is 28.8 Å². The van der Waals surface area contributed by atoms with Gasteiger partial charge in [-0.25, -0.2) is 0 Å². The van der Waals surface area contributed by atoms with E-state index < -0.39 is 6.36 Å². The Morgan fingerprint density at radius 3 is 2.42 bits per heavy atom. The average molecular weight is 365 g/mol. The molecule has 2 rings (SSSR count). The van der Waals surface area contributed by atoms with Crippen molar-refractivity contribution in [3.05, 3.63) is 28.8 Å². The molecule has 3 nitrogen and oxygen atoms in total. The second kappa shape index (κ2) is 8.41. The number of hydrogen-bond acceptors (Lipinski definition) is 3. The molecule has 1 heterocycles. The maximum Gasteiger partial charge on any atom is 0.573 e. The smallest absolute Gasteiger partial charge is 0.404 e. The Morgan fingerprint density at radius 2 is 1.88 bits per heavy atom. The topological polar surface area (TPSA) is 24.5 Å². The third-order valence-corrected chi connectivity index (χ3v) is 4.47. The van der Waals surface area contributed by atoms with Crippen LogP contribution in [0, 0.1) is 5.92 Å². The Labute approximate surface area is 146 Å². The van der Waals surface area contributed by atoms with Crippen LogP contribution in [-0.2, 0) is 0 Å². The highest BCUT2D eigenvalue weighted by atomic mass is 35.5. The number of nitrogens with one attached hydrogen (secondary N) is 1. The van der Waals surface area contributed by atoms with Crippen molar-refractivity contribution < 1.29 is 17.9 Å². The molecule has 0 unspecified atom stereocenters. The van der Waals surface area contributed by atoms with Crippen LogP contribution in [-0.4, -0.2) is 37.4 Å². The molecule has 7 heteroatoms. The zero-order chi connectivity index (χ0) is 17.7. The highest BCUT2D eigenvalue weighted by Gasteiger charge is 2.32. The molecule has 0 radical (unpaired) electrons. The van der Waals surface area contributed by atoms with Crippen LogP contribution in [0.5, 0.6) is 5.75 Å². The third-order valence-electron chi connectivity index (χ3n) is 4.18. The largest absolute Gasteiger partial charge is 0.573 e. The number of rotatable bonds is 6. The molecule has 1 N–H and O–H groups in total. The lowest BCUT2D eigenvalue weighted by atomic mass is 9.95. The van der Waals surface area contributed by atoms with Crippen LogP contribution >= 0.6 is 11.6 Å². The number of hydrogen-bond donors (Lipinski definition) is 1. The van der Waals surface area contributed by atoms with Gasteiger partial charge in [0.2, 0.25) is 0 Å². The van der Waals surface area contributed by atoms with Gasteiger partial charge in [0.15, 0.2) is 0 Å². The maximum atomic E-state index is 12.4. The highest BCUT2D eigenvalue weighted by molar-refractivity contribution is 6.32. The number of nitrogens with zero attached hydrogens (tertiary/aromatic N) is 1. The van der Waals surface area contributed by atoms with Gasteiger partial charge in [0.05, 0.1) is 5.02 Å². The zero-order valence-corrected chi connectivity index (χ0v) is 14.8. The molecule has 0 aliphatic carbocycles. The van der Waals surface area contributed by atoms with Crippen molar-refractivity contribution in [1.82, 2.24) is 10.2 Å². The van der Waals surface area contributed by atoms with E-state index in [1.165, 1.54) is 6.07 Å². The van der Waals surface area contributed by atoms with Crippen LogP contribution < -0.4 is 10.1 Å². The van der Waals surface area contributed by atoms with Gasteiger partial charge in [0.1, 0.15) is 5.75 Å². The van der Waals surface area contributed by atoms with E-state index in [-0.39, 0.29) is 16.8 Å². The molecular weight excluding hydrogens is 341 g/mol. The Morgan fingerprint density at radius 1 is 1.21 bits per heavy atom. The van der Waals surface area contributed by atoms with E-state index in [9.17, 15) is 13.2 Å². The molecule has 0 bridgehead atoms. The van der Waals surface area contributed by atoms with Gasteiger partial charge < -0.3 is 10.1 Å². The SMILES string of the molecule is CC(C)CC[C@@H](c1ccc(OC(F)(F)F)c(Cl)c1)N1CCNCC1. The lowest BCUT2D eigenvalue weighted by Crippen LogP contribution is -2.45. The lowest BCUT2D eigenvalue weighted by molar-refractivity contribution is -0.274. The summed E-state index contributed by atoms with van der Waals surface area (Å²) in [7, 11) is 0. The molecule has 1 saturated heterocycles. The first-order valence-corrected chi connectivity index (χ1v) is 8.64. The molecule has 1 atom stereocenters. The van der Waals surface area contributed by atoms with Crippen LogP contribution in [0.15, 0.2) is 18.2 Å². The molecule has 1 fully saturated rings. The Hall–Kier alpha value is -0.980. The molecule has 0 aromatic heterocycles. The zero-order valence-electron chi connectivity index (χ0n) is 14.0. The second-order valence-corrected chi connectivity index (χ2v) is 6.92. The monoisotopic (exact) mass is 364 g/mol. The summed E-state index contributed by atoms with van der Waals surface area (Å²) in [5, 5.41) is 3.31. The standard InChI is InChI=1S/C17H24ClF3N2O/c1-12(2)3-5-15(23-9-7-22-8-10-23)13-4-6-16(14(18)11-13)24-17(19,20)21/h4,6,11-12,15,22H,3,5,7-10H2,1-2H3/t15-/m0/s1. The van der Waals surface area contributed by atoms with Crippen molar-refractivity contribution in [3.63, 3.8) is 0 Å². The van der Waals surface area contributed by atoms with Gasteiger partial charge in [-0.05, 0) is 36.5 Å². The first-order chi connectivity index (χ1) is 11.3. The predicted octanol–water partition coefficient (Wildman–Crippen LogP) is 4.62. The fraction of sp³-hybridized carbons (Fsp3) is 0.647. The van der Waals surface area contributed by atoms with E-state index in [1.807, 2.05) is 0 Å². The number of alkyl halides is 3. The van der Waals surface area contributed by atoms with E-state index in [0.717, 1.165) is 44.6 Å². The van der Waals surface area contributed by atoms with E-state index in [4.69, 9.17) is 11.6 Å². The summed E-state index contributed by atoms with van der Waals surface area (Å²) in [6.45, 7) is 8.01. The second-order valence-electron chi connectivity index (χ2n) is 6.51. The van der Waals surface area contributed by atoms with Crippen molar-refractivity contribution in [2.24, 2.45) is 5.92 Å². The Bertz CT molecular complexity index is 531. The number of ether oxygens (including phenoxy) is 1. The first kappa shape index (κ1) is 19.3. The van der Waals surface area contributed by atoms with Crippen LogP contribution in [0.4, 0.5) is 13.2 Å². The van der Waals surface area contributed by atoms with Gasteiger partial charge >= 0.3 is 6.36 Å². The van der Waals surface area contributed by atoms with Crippen LogP contribution in [0.25, 0.3) is 0 Å². The highest BCUT2D eigenvalue weighted by Crippen LogP contribution is 2.35. The molecule has 1 aliphatic rings. The van der Waals surface area contributed by atoms with Gasteiger partial charge in [-0.3, -0.25) is 4.90 Å². The molecule has 136 valence electrons. The summed E-state index contributed by atoms with van der Waals surface area (Å²) in [5.41, 5.74) is 0.942.